The summed E-state index contributed by atoms with van der Waals surface area (Å²) in [6.07, 6.45) is 0. The first-order valence-electron chi connectivity index (χ1n) is 20.4. The number of hydrogen-bond donors (Lipinski definition) is 0. The van der Waals surface area contributed by atoms with Crippen LogP contribution < -0.4 is 4.90 Å². The lowest BCUT2D eigenvalue weighted by atomic mass is 9.82. The SMILES string of the molecule is CC1(C)c2ccccc2-c2ccc(N(c3ccc(-c4cccc5c4oc4ccccc45)cc3)c3cccc(-c4ccccc4)c3-c3ccccc3-c3ccccc3)cc21. The van der Waals surface area contributed by atoms with Crippen LogP contribution in [0.2, 0.25) is 0 Å². The number of benzene rings is 9. The van der Waals surface area contributed by atoms with E-state index in [1.54, 1.807) is 0 Å². The molecule has 11 rings (SSSR count). The average Bonchev–Trinajstić information content (AvgIpc) is 3.79. The number of fused-ring (bicyclic) bond motifs is 6. The molecule has 0 unspecified atom stereocenters. The topological polar surface area (TPSA) is 16.4 Å². The van der Waals surface area contributed by atoms with Crippen LogP contribution in [0, 0.1) is 0 Å². The van der Waals surface area contributed by atoms with Crippen molar-refractivity contribution < 1.29 is 4.42 Å². The first kappa shape index (κ1) is 34.8. The summed E-state index contributed by atoms with van der Waals surface area (Å²) < 4.78 is 6.50. The third kappa shape index (κ3) is 5.71. The maximum Gasteiger partial charge on any atom is 0.143 e. The van der Waals surface area contributed by atoms with E-state index in [1.165, 1.54) is 55.6 Å². The number of rotatable bonds is 7. The monoisotopic (exact) mass is 755 g/mol. The minimum absolute atomic E-state index is 0.155. The Kier molecular flexibility index (Phi) is 8.20. The van der Waals surface area contributed by atoms with E-state index in [2.05, 4.69) is 219 Å². The molecule has 10 aromatic rings. The first-order valence-corrected chi connectivity index (χ1v) is 20.4. The van der Waals surface area contributed by atoms with Crippen molar-refractivity contribution in [1.82, 2.24) is 0 Å². The highest BCUT2D eigenvalue weighted by molar-refractivity contribution is 6.09. The van der Waals surface area contributed by atoms with E-state index in [1.807, 2.05) is 12.1 Å². The molecule has 0 amide bonds. The number of anilines is 3. The van der Waals surface area contributed by atoms with Crippen molar-refractivity contribution in [1.29, 1.82) is 0 Å². The molecule has 0 aliphatic heterocycles. The maximum absolute atomic E-state index is 6.50. The first-order chi connectivity index (χ1) is 29.0. The molecule has 1 heterocycles. The lowest BCUT2D eigenvalue weighted by Crippen LogP contribution is -2.17. The highest BCUT2D eigenvalue weighted by Gasteiger charge is 2.36. The van der Waals surface area contributed by atoms with E-state index < -0.39 is 0 Å². The van der Waals surface area contributed by atoms with Crippen molar-refractivity contribution in [2.24, 2.45) is 0 Å². The van der Waals surface area contributed by atoms with Gasteiger partial charge in [0.25, 0.3) is 0 Å². The number of para-hydroxylation sites is 2. The summed E-state index contributed by atoms with van der Waals surface area (Å²) >= 11 is 0. The van der Waals surface area contributed by atoms with Crippen molar-refractivity contribution in [3.63, 3.8) is 0 Å². The summed E-state index contributed by atoms with van der Waals surface area (Å²) in [5, 5.41) is 2.26. The van der Waals surface area contributed by atoms with Crippen molar-refractivity contribution in [3.05, 3.63) is 223 Å². The van der Waals surface area contributed by atoms with Crippen LogP contribution in [0.4, 0.5) is 17.1 Å². The van der Waals surface area contributed by atoms with E-state index in [0.717, 1.165) is 50.1 Å². The van der Waals surface area contributed by atoms with Gasteiger partial charge in [0.1, 0.15) is 11.2 Å². The molecule has 0 spiro atoms. The molecule has 0 bridgehead atoms. The molecule has 1 aromatic heterocycles. The Morgan fingerprint density at radius 1 is 0.373 bits per heavy atom. The highest BCUT2D eigenvalue weighted by Crippen LogP contribution is 2.53. The zero-order valence-electron chi connectivity index (χ0n) is 33.1. The fourth-order valence-corrected chi connectivity index (χ4v) is 9.46. The number of hydrogen-bond acceptors (Lipinski definition) is 2. The van der Waals surface area contributed by atoms with E-state index >= 15 is 0 Å². The molecule has 1 aliphatic carbocycles. The largest absolute Gasteiger partial charge is 0.455 e. The normalized spacial score (nSPS) is 12.7. The molecule has 280 valence electrons. The van der Waals surface area contributed by atoms with Crippen molar-refractivity contribution in [2.75, 3.05) is 4.90 Å². The van der Waals surface area contributed by atoms with Crippen LogP contribution in [0.25, 0.3) is 77.6 Å². The van der Waals surface area contributed by atoms with Gasteiger partial charge in [0, 0.05) is 38.7 Å². The Morgan fingerprint density at radius 3 is 1.69 bits per heavy atom. The summed E-state index contributed by atoms with van der Waals surface area (Å²) in [6.45, 7) is 4.72. The summed E-state index contributed by atoms with van der Waals surface area (Å²) in [7, 11) is 0. The standard InChI is InChI=1S/C57H41NO/c1-57(2)51-28-13-11-22-46(51)47-36-35-42(37-52(47)57)58(41-33-31-40(32-34-41)45-26-15-27-50-48-23-12-14-30-54(48)59-56(45)50)53-29-16-25-44(39-19-7-4-8-20-39)55(53)49-24-10-9-21-43(49)38-17-5-3-6-18-38/h3-37H,1-2H3. The molecular formula is C57H41NO. The molecule has 0 radical (unpaired) electrons. The molecular weight excluding hydrogens is 715 g/mol. The molecule has 59 heavy (non-hydrogen) atoms. The summed E-state index contributed by atoms with van der Waals surface area (Å²) in [6, 6.07) is 76.9. The molecule has 0 fully saturated rings. The second kappa shape index (κ2) is 13.9. The van der Waals surface area contributed by atoms with Gasteiger partial charge in [-0.25, -0.2) is 0 Å². The van der Waals surface area contributed by atoms with Gasteiger partial charge in [0.2, 0.25) is 0 Å². The highest BCUT2D eigenvalue weighted by atomic mass is 16.3. The Bertz CT molecular complexity index is 3170. The third-order valence-corrected chi connectivity index (χ3v) is 12.3. The van der Waals surface area contributed by atoms with Crippen molar-refractivity contribution in [2.45, 2.75) is 19.3 Å². The maximum atomic E-state index is 6.50. The second-order valence-electron chi connectivity index (χ2n) is 16.0. The van der Waals surface area contributed by atoms with Gasteiger partial charge in [-0.3, -0.25) is 0 Å². The van der Waals surface area contributed by atoms with E-state index in [-0.39, 0.29) is 5.41 Å². The molecule has 0 saturated carbocycles. The van der Waals surface area contributed by atoms with E-state index in [4.69, 9.17) is 4.42 Å². The Labute approximate surface area is 345 Å². The van der Waals surface area contributed by atoms with Gasteiger partial charge >= 0.3 is 0 Å². The van der Waals surface area contributed by atoms with Crippen LogP contribution in [0.5, 0.6) is 0 Å². The molecule has 1 aliphatic rings. The number of furan rings is 1. The van der Waals surface area contributed by atoms with Crippen LogP contribution in [-0.4, -0.2) is 0 Å². The molecule has 2 heteroatoms. The summed E-state index contributed by atoms with van der Waals surface area (Å²) in [5.74, 6) is 0. The molecule has 9 aromatic carbocycles. The van der Waals surface area contributed by atoms with E-state index in [0.29, 0.717) is 0 Å². The summed E-state index contributed by atoms with van der Waals surface area (Å²) in [4.78, 5) is 2.47. The zero-order chi connectivity index (χ0) is 39.5. The Balaban J connectivity index is 1.16. The molecule has 0 N–H and O–H groups in total. The minimum Gasteiger partial charge on any atom is -0.455 e. The van der Waals surface area contributed by atoms with Crippen LogP contribution in [0.15, 0.2) is 217 Å². The van der Waals surface area contributed by atoms with Gasteiger partial charge in [0.15, 0.2) is 0 Å². The van der Waals surface area contributed by atoms with Crippen LogP contribution in [-0.2, 0) is 5.41 Å². The quantitative estimate of drug-likeness (QED) is 0.161. The predicted molar refractivity (Wildman–Crippen MR) is 248 cm³/mol. The predicted octanol–water partition coefficient (Wildman–Crippen LogP) is 16.0. The molecule has 0 saturated heterocycles. The molecule has 0 atom stereocenters. The fourth-order valence-electron chi connectivity index (χ4n) is 9.46. The molecule has 2 nitrogen and oxygen atoms in total. The fraction of sp³-hybridized carbons (Fsp3) is 0.0526. The lowest BCUT2D eigenvalue weighted by Gasteiger charge is -2.31. The summed E-state index contributed by atoms with van der Waals surface area (Å²) in [5.41, 5.74) is 19.5. The number of nitrogens with zero attached hydrogens (tertiary/aromatic N) is 1. The minimum atomic E-state index is -0.155. The van der Waals surface area contributed by atoms with Crippen LogP contribution in [0.1, 0.15) is 25.0 Å². The van der Waals surface area contributed by atoms with Crippen LogP contribution in [0.3, 0.4) is 0 Å². The average molecular weight is 756 g/mol. The van der Waals surface area contributed by atoms with Gasteiger partial charge in [-0.1, -0.05) is 190 Å². The second-order valence-corrected chi connectivity index (χ2v) is 16.0. The van der Waals surface area contributed by atoms with Crippen molar-refractivity contribution in [3.8, 4) is 55.6 Å². The smallest absolute Gasteiger partial charge is 0.143 e. The lowest BCUT2D eigenvalue weighted by molar-refractivity contribution is 0.660. The van der Waals surface area contributed by atoms with Gasteiger partial charge < -0.3 is 9.32 Å². The van der Waals surface area contributed by atoms with Gasteiger partial charge in [-0.15, -0.1) is 0 Å². The van der Waals surface area contributed by atoms with Gasteiger partial charge in [-0.05, 0) is 92.0 Å². The Morgan fingerprint density at radius 2 is 0.915 bits per heavy atom. The zero-order valence-corrected chi connectivity index (χ0v) is 33.1. The van der Waals surface area contributed by atoms with Gasteiger partial charge in [0.05, 0.1) is 5.69 Å². The van der Waals surface area contributed by atoms with Crippen LogP contribution >= 0.6 is 0 Å². The van der Waals surface area contributed by atoms with E-state index in [9.17, 15) is 0 Å². The third-order valence-electron chi connectivity index (χ3n) is 12.3. The van der Waals surface area contributed by atoms with Gasteiger partial charge in [-0.2, -0.15) is 0 Å². The van der Waals surface area contributed by atoms with Crippen molar-refractivity contribution >= 4 is 39.0 Å². The Hall–Kier alpha value is -7.42.